The van der Waals surface area contributed by atoms with Crippen LogP contribution in [0.1, 0.15) is 85.5 Å². The molecule has 0 amide bonds. The van der Waals surface area contributed by atoms with Gasteiger partial charge in [-0.25, -0.2) is 4.79 Å². The molecule has 0 aromatic carbocycles. The summed E-state index contributed by atoms with van der Waals surface area (Å²) in [5.74, 6) is 2.50. The number of hydrogen-bond acceptors (Lipinski definition) is 2. The molecule has 5 aliphatic rings. The van der Waals surface area contributed by atoms with E-state index in [2.05, 4.69) is 34.7 Å². The van der Waals surface area contributed by atoms with Crippen LogP contribution in [-0.2, 0) is 9.63 Å². The highest BCUT2D eigenvalue weighted by molar-refractivity contribution is 5.77. The molecule has 136 valence electrons. The van der Waals surface area contributed by atoms with Gasteiger partial charge in [0.05, 0.1) is 5.41 Å². The minimum Gasteiger partial charge on any atom is -0.275 e. The van der Waals surface area contributed by atoms with E-state index >= 15 is 0 Å². The van der Waals surface area contributed by atoms with Crippen LogP contribution >= 0.6 is 0 Å². The van der Waals surface area contributed by atoms with Crippen molar-refractivity contribution >= 4 is 5.97 Å². The maximum atomic E-state index is 13.5. The van der Waals surface area contributed by atoms with Gasteiger partial charge in [-0.1, -0.05) is 0 Å². The van der Waals surface area contributed by atoms with E-state index in [9.17, 15) is 4.79 Å². The molecule has 0 spiro atoms. The molecule has 24 heavy (non-hydrogen) atoms. The predicted molar refractivity (Wildman–Crippen MR) is 94.9 cm³/mol. The standard InChI is InChI=1S/C21H36NO2/c1-19(2)7-6-8-20(3,4)22(19,5)24-18(23)21-12-15-9-16(13-21)11-17(10-15)14-21/h15-17H,6-14H2,1-5H3/q+1. The molecule has 0 atom stereocenters. The summed E-state index contributed by atoms with van der Waals surface area (Å²) in [6, 6.07) is 0. The second-order valence-corrected chi connectivity index (χ2v) is 11.0. The average Bonchev–Trinajstić information content (AvgIpc) is 2.43. The Morgan fingerprint density at radius 3 is 1.71 bits per heavy atom. The van der Waals surface area contributed by atoms with Crippen molar-refractivity contribution in [3.05, 3.63) is 0 Å². The first kappa shape index (κ1) is 16.9. The summed E-state index contributed by atoms with van der Waals surface area (Å²) in [6.45, 7) is 9.11. The van der Waals surface area contributed by atoms with Crippen LogP contribution in [0.25, 0.3) is 0 Å². The number of hydroxylamine groups is 3. The lowest BCUT2D eigenvalue weighted by Gasteiger charge is -2.58. The van der Waals surface area contributed by atoms with Gasteiger partial charge in [0.2, 0.25) is 0 Å². The maximum absolute atomic E-state index is 13.5. The van der Waals surface area contributed by atoms with Crippen LogP contribution in [0, 0.1) is 23.2 Å². The lowest BCUT2D eigenvalue weighted by Crippen LogP contribution is -2.72. The van der Waals surface area contributed by atoms with Gasteiger partial charge in [0.25, 0.3) is 0 Å². The molecule has 4 bridgehead atoms. The monoisotopic (exact) mass is 334 g/mol. The summed E-state index contributed by atoms with van der Waals surface area (Å²) in [5, 5.41) is 0. The van der Waals surface area contributed by atoms with E-state index in [1.165, 1.54) is 25.7 Å². The molecule has 5 fully saturated rings. The van der Waals surface area contributed by atoms with Crippen LogP contribution in [0.2, 0.25) is 0 Å². The number of quaternary nitrogens is 1. The summed E-state index contributed by atoms with van der Waals surface area (Å²) in [7, 11) is 2.16. The second-order valence-electron chi connectivity index (χ2n) is 11.0. The smallest absolute Gasteiger partial charge is 0.275 e. The number of carbonyl (C=O) groups excluding carboxylic acids is 1. The predicted octanol–water partition coefficient (Wildman–Crippen LogP) is 4.85. The summed E-state index contributed by atoms with van der Waals surface area (Å²) in [6.07, 6.45) is 10.9. The zero-order chi connectivity index (χ0) is 17.4. The molecular weight excluding hydrogens is 298 g/mol. The Kier molecular flexibility index (Phi) is 3.51. The molecule has 0 N–H and O–H groups in total. The van der Waals surface area contributed by atoms with Gasteiger partial charge >= 0.3 is 5.97 Å². The quantitative estimate of drug-likeness (QED) is 0.675. The van der Waals surface area contributed by atoms with Crippen molar-refractivity contribution in [1.29, 1.82) is 0 Å². The zero-order valence-corrected chi connectivity index (χ0v) is 16.4. The van der Waals surface area contributed by atoms with Crippen LogP contribution in [0.3, 0.4) is 0 Å². The highest BCUT2D eigenvalue weighted by Gasteiger charge is 2.62. The molecule has 3 nitrogen and oxygen atoms in total. The Balaban J connectivity index is 1.61. The van der Waals surface area contributed by atoms with E-state index in [4.69, 9.17) is 4.84 Å². The minimum absolute atomic E-state index is 0.0142. The molecule has 1 aliphatic heterocycles. The van der Waals surface area contributed by atoms with Crippen molar-refractivity contribution in [1.82, 2.24) is 0 Å². The summed E-state index contributed by atoms with van der Waals surface area (Å²) < 4.78 is 0.445. The van der Waals surface area contributed by atoms with Crippen molar-refractivity contribution in [2.45, 2.75) is 96.6 Å². The first-order chi connectivity index (χ1) is 11.1. The lowest BCUT2D eigenvalue weighted by molar-refractivity contribution is -1.15. The number of piperidine rings is 1. The summed E-state index contributed by atoms with van der Waals surface area (Å²) in [5.41, 5.74) is -0.182. The SMILES string of the molecule is CC1(C)CCCC(C)(C)[N+]1(C)OC(=O)C12CC3CC(CC(C3)C1)C2. The Morgan fingerprint density at radius 2 is 1.29 bits per heavy atom. The largest absolute Gasteiger partial charge is 0.372 e. The Hall–Kier alpha value is -0.570. The van der Waals surface area contributed by atoms with Gasteiger partial charge in [-0.3, -0.25) is 4.84 Å². The van der Waals surface area contributed by atoms with Gasteiger partial charge in [0.1, 0.15) is 18.1 Å². The Morgan fingerprint density at radius 1 is 0.875 bits per heavy atom. The third-order valence-corrected chi connectivity index (χ3v) is 8.62. The maximum Gasteiger partial charge on any atom is 0.372 e. The van der Waals surface area contributed by atoms with Crippen LogP contribution in [0.15, 0.2) is 0 Å². The van der Waals surface area contributed by atoms with Gasteiger partial charge in [-0.05, 0) is 90.4 Å². The number of hydrogen-bond donors (Lipinski definition) is 0. The number of carbonyl (C=O) groups is 1. The fourth-order valence-electron chi connectivity index (χ4n) is 7.07. The molecular formula is C21H36NO2+. The van der Waals surface area contributed by atoms with Gasteiger partial charge in [0.15, 0.2) is 0 Å². The van der Waals surface area contributed by atoms with Crippen molar-refractivity contribution in [3.63, 3.8) is 0 Å². The molecule has 0 aromatic heterocycles. The van der Waals surface area contributed by atoms with Crippen LogP contribution in [-0.4, -0.2) is 28.7 Å². The summed E-state index contributed by atoms with van der Waals surface area (Å²) >= 11 is 0. The number of likely N-dealkylation sites (tertiary alicyclic amines) is 1. The molecule has 4 saturated carbocycles. The van der Waals surface area contributed by atoms with Crippen LogP contribution < -0.4 is 0 Å². The highest BCUT2D eigenvalue weighted by atomic mass is 16.8. The number of rotatable bonds is 2. The van der Waals surface area contributed by atoms with E-state index in [0.717, 1.165) is 49.9 Å². The highest BCUT2D eigenvalue weighted by Crippen LogP contribution is 2.61. The third kappa shape index (κ3) is 2.22. The molecule has 0 unspecified atom stereocenters. The van der Waals surface area contributed by atoms with E-state index in [-0.39, 0.29) is 22.5 Å². The number of nitrogens with zero attached hydrogens (tertiary/aromatic N) is 1. The summed E-state index contributed by atoms with van der Waals surface area (Å²) in [4.78, 5) is 20.0. The first-order valence-corrected chi connectivity index (χ1v) is 10.2. The van der Waals surface area contributed by atoms with Crippen molar-refractivity contribution < 1.29 is 14.3 Å². The van der Waals surface area contributed by atoms with Gasteiger partial charge < -0.3 is 0 Å². The fraction of sp³-hybridized carbons (Fsp3) is 0.952. The first-order valence-electron chi connectivity index (χ1n) is 10.2. The molecule has 1 saturated heterocycles. The van der Waals surface area contributed by atoms with Gasteiger partial charge in [-0.2, -0.15) is 0 Å². The molecule has 0 radical (unpaired) electrons. The average molecular weight is 335 g/mol. The van der Waals surface area contributed by atoms with Gasteiger partial charge in [0, 0.05) is 12.8 Å². The van der Waals surface area contributed by atoms with Crippen molar-refractivity contribution in [2.24, 2.45) is 23.2 Å². The van der Waals surface area contributed by atoms with Crippen LogP contribution in [0.4, 0.5) is 0 Å². The van der Waals surface area contributed by atoms with E-state index in [0.29, 0.717) is 4.65 Å². The molecule has 5 rings (SSSR count). The second kappa shape index (κ2) is 4.99. The normalized spacial score (nSPS) is 44.3. The fourth-order valence-corrected chi connectivity index (χ4v) is 7.07. The Labute approximate surface area is 147 Å². The molecule has 0 aromatic rings. The lowest BCUT2D eigenvalue weighted by atomic mass is 9.49. The van der Waals surface area contributed by atoms with Crippen molar-refractivity contribution in [3.8, 4) is 0 Å². The topological polar surface area (TPSA) is 26.3 Å². The molecule has 1 heterocycles. The van der Waals surface area contributed by atoms with Crippen molar-refractivity contribution in [2.75, 3.05) is 7.05 Å². The van der Waals surface area contributed by atoms with Gasteiger partial charge in [-0.15, -0.1) is 4.65 Å². The third-order valence-electron chi connectivity index (χ3n) is 8.62. The van der Waals surface area contributed by atoms with E-state index < -0.39 is 0 Å². The minimum atomic E-state index is -0.153. The zero-order valence-electron chi connectivity index (χ0n) is 16.4. The van der Waals surface area contributed by atoms with E-state index in [1.54, 1.807) is 0 Å². The molecule has 4 aliphatic carbocycles. The Bertz CT molecular complexity index is 497. The van der Waals surface area contributed by atoms with E-state index in [1.807, 2.05) is 0 Å². The molecule has 3 heteroatoms. The van der Waals surface area contributed by atoms with Crippen LogP contribution in [0.5, 0.6) is 0 Å².